The molecule has 0 aliphatic carbocycles. The van der Waals surface area contributed by atoms with Crippen LogP contribution in [0.2, 0.25) is 0 Å². The monoisotopic (exact) mass is 273 g/mol. The maximum atomic E-state index is 11.3. The molecular formula is C9H8BrNO2S. The molecule has 2 aromatic heterocycles. The van der Waals surface area contributed by atoms with Crippen molar-refractivity contribution in [1.82, 2.24) is 4.98 Å². The fourth-order valence-corrected chi connectivity index (χ4v) is 2.97. The van der Waals surface area contributed by atoms with Crippen molar-refractivity contribution in [3.63, 3.8) is 0 Å². The van der Waals surface area contributed by atoms with E-state index in [0.717, 1.165) is 20.3 Å². The fraction of sp³-hybridized carbons (Fsp3) is 0.222. The summed E-state index contributed by atoms with van der Waals surface area (Å²) in [6, 6.07) is 0. The second kappa shape index (κ2) is 3.40. The van der Waals surface area contributed by atoms with Crippen LogP contribution in [0.25, 0.3) is 10.2 Å². The average Bonchev–Trinajstić information content (AvgIpc) is 2.69. The molecule has 0 unspecified atom stereocenters. The van der Waals surface area contributed by atoms with E-state index in [1.807, 2.05) is 12.3 Å². The van der Waals surface area contributed by atoms with E-state index in [1.165, 1.54) is 7.11 Å². The topological polar surface area (TPSA) is 42.1 Å². The number of aryl methyl sites for hydroxylation is 1. The van der Waals surface area contributed by atoms with Gasteiger partial charge in [-0.3, -0.25) is 0 Å². The van der Waals surface area contributed by atoms with Crippen LogP contribution >= 0.6 is 27.3 Å². The van der Waals surface area contributed by atoms with Crippen LogP contribution in [-0.2, 0) is 4.74 Å². The molecule has 0 aliphatic heterocycles. The lowest BCUT2D eigenvalue weighted by Gasteiger charge is -1.96. The first kappa shape index (κ1) is 9.73. The van der Waals surface area contributed by atoms with Gasteiger partial charge < -0.3 is 9.72 Å². The number of rotatable bonds is 1. The number of hydrogen-bond acceptors (Lipinski definition) is 3. The first-order valence-electron chi connectivity index (χ1n) is 3.98. The maximum absolute atomic E-state index is 11.3. The summed E-state index contributed by atoms with van der Waals surface area (Å²) in [5, 5.41) is 2.00. The number of ether oxygens (including phenoxy) is 1. The Morgan fingerprint density at radius 1 is 1.64 bits per heavy atom. The van der Waals surface area contributed by atoms with Crippen LogP contribution in [0.4, 0.5) is 0 Å². The summed E-state index contributed by atoms with van der Waals surface area (Å²) in [4.78, 5) is 14.4. The van der Waals surface area contributed by atoms with Crippen molar-refractivity contribution in [1.29, 1.82) is 0 Å². The highest BCUT2D eigenvalue weighted by molar-refractivity contribution is 9.10. The van der Waals surface area contributed by atoms with Gasteiger partial charge in [0.2, 0.25) is 0 Å². The van der Waals surface area contributed by atoms with E-state index in [4.69, 9.17) is 0 Å². The number of hydrogen-bond donors (Lipinski definition) is 1. The molecule has 3 nitrogen and oxygen atoms in total. The number of H-pyrrole nitrogens is 1. The Morgan fingerprint density at radius 2 is 2.36 bits per heavy atom. The predicted molar refractivity (Wildman–Crippen MR) is 60.0 cm³/mol. The van der Waals surface area contributed by atoms with Crippen molar-refractivity contribution in [2.45, 2.75) is 6.92 Å². The molecule has 2 heterocycles. The molecule has 0 aromatic carbocycles. The molecule has 0 radical (unpaired) electrons. The van der Waals surface area contributed by atoms with Gasteiger partial charge in [0, 0.05) is 5.38 Å². The van der Waals surface area contributed by atoms with E-state index >= 15 is 0 Å². The molecule has 0 bridgehead atoms. The van der Waals surface area contributed by atoms with Crippen molar-refractivity contribution in [2.75, 3.05) is 7.11 Å². The fourth-order valence-electron chi connectivity index (χ4n) is 1.37. The summed E-state index contributed by atoms with van der Waals surface area (Å²) in [5.74, 6) is -0.321. The van der Waals surface area contributed by atoms with Gasteiger partial charge in [-0.25, -0.2) is 4.79 Å². The molecule has 74 valence electrons. The van der Waals surface area contributed by atoms with Gasteiger partial charge in [0.25, 0.3) is 0 Å². The van der Waals surface area contributed by atoms with Crippen molar-refractivity contribution < 1.29 is 9.53 Å². The summed E-state index contributed by atoms with van der Waals surface area (Å²) in [7, 11) is 1.38. The molecule has 14 heavy (non-hydrogen) atoms. The zero-order chi connectivity index (χ0) is 10.3. The Labute approximate surface area is 93.2 Å². The van der Waals surface area contributed by atoms with Crippen LogP contribution in [0.15, 0.2) is 9.85 Å². The lowest BCUT2D eigenvalue weighted by molar-refractivity contribution is 0.0594. The molecule has 0 spiro atoms. The molecule has 0 saturated heterocycles. The minimum Gasteiger partial charge on any atom is -0.464 e. The Hall–Kier alpha value is -0.810. The van der Waals surface area contributed by atoms with Gasteiger partial charge >= 0.3 is 5.97 Å². The van der Waals surface area contributed by atoms with Crippen LogP contribution in [0, 0.1) is 6.92 Å². The third-order valence-electron chi connectivity index (χ3n) is 2.10. The Balaban J connectivity index is 2.68. The van der Waals surface area contributed by atoms with Crippen molar-refractivity contribution in [3.8, 4) is 0 Å². The molecular weight excluding hydrogens is 266 g/mol. The standard InChI is InChI=1S/C9H8BrNO2S/c1-4-6(9(12)13-2)11-7-5(10)3-14-8(4)7/h3,11H,1-2H3. The quantitative estimate of drug-likeness (QED) is 0.812. The minimum atomic E-state index is -0.321. The number of fused-ring (bicyclic) bond motifs is 1. The Morgan fingerprint density at radius 3 is 2.93 bits per heavy atom. The second-order valence-corrected chi connectivity index (χ2v) is 4.64. The van der Waals surface area contributed by atoms with Crippen LogP contribution in [-0.4, -0.2) is 18.1 Å². The molecule has 1 N–H and O–H groups in total. The van der Waals surface area contributed by atoms with E-state index in [2.05, 4.69) is 25.7 Å². The van der Waals surface area contributed by atoms with Crippen LogP contribution in [0.1, 0.15) is 16.1 Å². The lowest BCUT2D eigenvalue weighted by atomic mass is 10.3. The van der Waals surface area contributed by atoms with Gasteiger partial charge in [-0.05, 0) is 28.4 Å². The van der Waals surface area contributed by atoms with E-state index < -0.39 is 0 Å². The van der Waals surface area contributed by atoms with Crippen LogP contribution in [0.5, 0.6) is 0 Å². The SMILES string of the molecule is COC(=O)c1[nH]c2c(Br)csc2c1C. The highest BCUT2D eigenvalue weighted by Crippen LogP contribution is 2.33. The number of halogens is 1. The Bertz CT molecular complexity index is 500. The number of esters is 1. The van der Waals surface area contributed by atoms with E-state index in [9.17, 15) is 4.79 Å². The molecule has 0 aliphatic rings. The summed E-state index contributed by atoms with van der Waals surface area (Å²) < 4.78 is 6.75. The average molecular weight is 274 g/mol. The number of thiophene rings is 1. The zero-order valence-corrected chi connectivity index (χ0v) is 10.1. The van der Waals surface area contributed by atoms with Gasteiger partial charge in [0.1, 0.15) is 5.69 Å². The molecule has 0 fully saturated rings. The zero-order valence-electron chi connectivity index (χ0n) is 7.68. The van der Waals surface area contributed by atoms with Crippen molar-refractivity contribution >= 4 is 43.5 Å². The molecule has 2 rings (SSSR count). The van der Waals surface area contributed by atoms with Gasteiger partial charge in [0.15, 0.2) is 0 Å². The number of methoxy groups -OCH3 is 1. The number of aromatic amines is 1. The van der Waals surface area contributed by atoms with Gasteiger partial charge in [-0.15, -0.1) is 11.3 Å². The summed E-state index contributed by atoms with van der Waals surface area (Å²) >= 11 is 5.02. The number of aromatic nitrogens is 1. The van der Waals surface area contributed by atoms with Crippen molar-refractivity contribution in [2.24, 2.45) is 0 Å². The molecule has 5 heteroatoms. The van der Waals surface area contributed by atoms with Gasteiger partial charge in [-0.2, -0.15) is 0 Å². The van der Waals surface area contributed by atoms with Crippen LogP contribution in [0.3, 0.4) is 0 Å². The molecule has 0 saturated carbocycles. The van der Waals surface area contributed by atoms with E-state index in [0.29, 0.717) is 5.69 Å². The lowest BCUT2D eigenvalue weighted by Crippen LogP contribution is -2.03. The Kier molecular flexibility index (Phi) is 2.36. The second-order valence-electron chi connectivity index (χ2n) is 2.90. The largest absolute Gasteiger partial charge is 0.464 e. The summed E-state index contributed by atoms with van der Waals surface area (Å²) in [6.45, 7) is 1.91. The molecule has 2 aromatic rings. The summed E-state index contributed by atoms with van der Waals surface area (Å²) in [6.07, 6.45) is 0. The predicted octanol–water partition coefficient (Wildman–Crippen LogP) is 3.09. The first-order chi connectivity index (χ1) is 6.65. The summed E-state index contributed by atoms with van der Waals surface area (Å²) in [5.41, 5.74) is 2.45. The highest BCUT2D eigenvalue weighted by Gasteiger charge is 2.17. The first-order valence-corrected chi connectivity index (χ1v) is 5.66. The maximum Gasteiger partial charge on any atom is 0.354 e. The third-order valence-corrected chi connectivity index (χ3v) is 4.13. The van der Waals surface area contributed by atoms with Crippen LogP contribution < -0.4 is 0 Å². The molecule has 0 amide bonds. The van der Waals surface area contributed by atoms with Gasteiger partial charge in [0.05, 0.1) is 21.8 Å². The normalized spacial score (nSPS) is 10.8. The van der Waals surface area contributed by atoms with Crippen molar-refractivity contribution in [3.05, 3.63) is 21.1 Å². The third kappa shape index (κ3) is 1.27. The number of carbonyl (C=O) groups is 1. The number of carbonyl (C=O) groups excluding carboxylic acids is 1. The molecule has 0 atom stereocenters. The minimum absolute atomic E-state index is 0.321. The highest BCUT2D eigenvalue weighted by atomic mass is 79.9. The van der Waals surface area contributed by atoms with E-state index in [1.54, 1.807) is 11.3 Å². The smallest absolute Gasteiger partial charge is 0.354 e. The van der Waals surface area contributed by atoms with E-state index in [-0.39, 0.29) is 5.97 Å². The number of nitrogens with one attached hydrogen (secondary N) is 1. The van der Waals surface area contributed by atoms with Gasteiger partial charge in [-0.1, -0.05) is 0 Å².